The van der Waals surface area contributed by atoms with Crippen LogP contribution in [-0.4, -0.2) is 81.8 Å². The molecule has 8 heteroatoms. The Morgan fingerprint density at radius 2 is 1.78 bits per heavy atom. The van der Waals surface area contributed by atoms with Gasteiger partial charge in [0.2, 0.25) is 0 Å². The van der Waals surface area contributed by atoms with E-state index in [4.69, 9.17) is 9.47 Å². The molecule has 0 bridgehead atoms. The second-order valence-corrected chi connectivity index (χ2v) is 9.06. The summed E-state index contributed by atoms with van der Waals surface area (Å²) in [6.07, 6.45) is 7.84. The van der Waals surface area contributed by atoms with E-state index in [1.54, 1.807) is 14.2 Å². The fourth-order valence-electron chi connectivity index (χ4n) is 5.36. The van der Waals surface area contributed by atoms with Gasteiger partial charge in [-0.1, -0.05) is 12.8 Å². The Bertz CT molecular complexity index is 769. The molecule has 2 fully saturated rings. The molecular formula is C24H40IN5O2. The summed E-state index contributed by atoms with van der Waals surface area (Å²) in [5.41, 5.74) is 2.71. The second-order valence-electron chi connectivity index (χ2n) is 9.06. The van der Waals surface area contributed by atoms with Gasteiger partial charge in [0, 0.05) is 58.4 Å². The minimum absolute atomic E-state index is 0. The molecule has 1 atom stereocenters. The first-order valence-electron chi connectivity index (χ1n) is 11.9. The summed E-state index contributed by atoms with van der Waals surface area (Å²) in [5.74, 6) is 2.57. The van der Waals surface area contributed by atoms with E-state index in [0.29, 0.717) is 6.04 Å². The Morgan fingerprint density at radius 3 is 2.47 bits per heavy atom. The van der Waals surface area contributed by atoms with Gasteiger partial charge in [-0.2, -0.15) is 0 Å². The van der Waals surface area contributed by atoms with Crippen molar-refractivity contribution in [1.82, 2.24) is 20.4 Å². The number of methoxy groups -OCH3 is 2. The summed E-state index contributed by atoms with van der Waals surface area (Å²) in [4.78, 5) is 9.64. The van der Waals surface area contributed by atoms with E-state index in [2.05, 4.69) is 37.6 Å². The predicted molar refractivity (Wildman–Crippen MR) is 141 cm³/mol. The molecule has 2 N–H and O–H groups in total. The largest absolute Gasteiger partial charge is 0.493 e. The molecule has 1 aliphatic carbocycles. The third-order valence-corrected chi connectivity index (χ3v) is 7.14. The number of guanidine groups is 1. The van der Waals surface area contributed by atoms with Crippen molar-refractivity contribution in [2.75, 3.05) is 54.0 Å². The second kappa shape index (κ2) is 12.3. The maximum absolute atomic E-state index is 5.48. The van der Waals surface area contributed by atoms with Gasteiger partial charge in [-0.15, -0.1) is 24.0 Å². The molecular weight excluding hydrogens is 517 g/mol. The number of likely N-dealkylation sites (tertiary alicyclic amines) is 1. The van der Waals surface area contributed by atoms with E-state index in [0.717, 1.165) is 62.6 Å². The maximum Gasteiger partial charge on any atom is 0.191 e. The van der Waals surface area contributed by atoms with Gasteiger partial charge in [0.1, 0.15) is 0 Å². The van der Waals surface area contributed by atoms with Crippen LogP contribution in [-0.2, 0) is 13.0 Å². The van der Waals surface area contributed by atoms with Crippen LogP contribution in [0.3, 0.4) is 0 Å². The van der Waals surface area contributed by atoms with Gasteiger partial charge in [-0.3, -0.25) is 14.8 Å². The molecule has 2 aliphatic heterocycles. The monoisotopic (exact) mass is 557 g/mol. The minimum atomic E-state index is 0. The molecule has 7 nitrogen and oxygen atoms in total. The Labute approximate surface area is 210 Å². The molecule has 1 saturated carbocycles. The molecule has 0 amide bonds. The number of aliphatic imine (C=N–C) groups is 1. The van der Waals surface area contributed by atoms with Gasteiger partial charge >= 0.3 is 0 Å². The van der Waals surface area contributed by atoms with Crippen LogP contribution in [0, 0.1) is 0 Å². The van der Waals surface area contributed by atoms with E-state index >= 15 is 0 Å². The van der Waals surface area contributed by atoms with E-state index in [9.17, 15) is 0 Å². The normalized spacial score (nSPS) is 22.3. The van der Waals surface area contributed by atoms with Crippen LogP contribution in [0.1, 0.15) is 43.2 Å². The number of halogens is 1. The number of rotatable bonds is 7. The first kappa shape index (κ1) is 25.4. The van der Waals surface area contributed by atoms with Crippen LogP contribution >= 0.6 is 24.0 Å². The average Bonchev–Trinajstić information content (AvgIpc) is 3.49. The zero-order chi connectivity index (χ0) is 21.6. The first-order chi connectivity index (χ1) is 15.2. The van der Waals surface area contributed by atoms with Crippen LogP contribution in [0.15, 0.2) is 17.1 Å². The third kappa shape index (κ3) is 6.20. The zero-order valence-corrected chi connectivity index (χ0v) is 22.2. The zero-order valence-electron chi connectivity index (χ0n) is 19.9. The van der Waals surface area contributed by atoms with E-state index < -0.39 is 0 Å². The maximum atomic E-state index is 5.48. The highest BCUT2D eigenvalue weighted by Crippen LogP contribution is 2.33. The Morgan fingerprint density at radius 1 is 1.06 bits per heavy atom. The van der Waals surface area contributed by atoms with Crippen LogP contribution in [0.2, 0.25) is 0 Å². The highest BCUT2D eigenvalue weighted by Gasteiger charge is 2.30. The Kier molecular flexibility index (Phi) is 9.73. The number of fused-ring (bicyclic) bond motifs is 1. The molecule has 32 heavy (non-hydrogen) atoms. The summed E-state index contributed by atoms with van der Waals surface area (Å²) in [6, 6.07) is 5.59. The lowest BCUT2D eigenvalue weighted by Gasteiger charge is -2.30. The molecule has 1 aromatic carbocycles. The molecule has 3 aliphatic rings. The number of ether oxygens (including phenoxy) is 2. The van der Waals surface area contributed by atoms with Crippen molar-refractivity contribution < 1.29 is 9.47 Å². The van der Waals surface area contributed by atoms with Crippen LogP contribution in [0.4, 0.5) is 0 Å². The molecule has 0 spiro atoms. The van der Waals surface area contributed by atoms with Crippen LogP contribution in [0.5, 0.6) is 11.5 Å². The van der Waals surface area contributed by atoms with E-state index in [1.807, 2.05) is 7.05 Å². The SMILES string of the molecule is CN=C(NCCN1CCc2cc(OC)c(OC)cc2C1)NC1CCN(C2CCCC2)C1.I. The van der Waals surface area contributed by atoms with E-state index in [1.165, 1.54) is 49.8 Å². The lowest BCUT2D eigenvalue weighted by atomic mass is 9.99. The highest BCUT2D eigenvalue weighted by molar-refractivity contribution is 14.0. The van der Waals surface area contributed by atoms with Crippen molar-refractivity contribution in [2.24, 2.45) is 4.99 Å². The number of hydrogen-bond donors (Lipinski definition) is 2. The molecule has 0 aromatic heterocycles. The molecule has 4 rings (SSSR count). The number of nitrogens with one attached hydrogen (secondary N) is 2. The van der Waals surface area contributed by atoms with Gasteiger partial charge < -0.3 is 20.1 Å². The smallest absolute Gasteiger partial charge is 0.191 e. The van der Waals surface area contributed by atoms with Gasteiger partial charge in [-0.05, 0) is 48.9 Å². The highest BCUT2D eigenvalue weighted by atomic mass is 127. The molecule has 1 saturated heterocycles. The van der Waals surface area contributed by atoms with Gasteiger partial charge in [0.15, 0.2) is 17.5 Å². The summed E-state index contributed by atoms with van der Waals surface area (Å²) in [7, 11) is 5.27. The number of benzene rings is 1. The topological polar surface area (TPSA) is 61.4 Å². The summed E-state index contributed by atoms with van der Waals surface area (Å²) < 4.78 is 10.9. The molecule has 1 aromatic rings. The first-order valence-corrected chi connectivity index (χ1v) is 11.9. The fraction of sp³-hybridized carbons (Fsp3) is 0.708. The van der Waals surface area contributed by atoms with Gasteiger partial charge in [0.25, 0.3) is 0 Å². The fourth-order valence-corrected chi connectivity index (χ4v) is 5.36. The Balaban J connectivity index is 0.00000289. The molecule has 1 unspecified atom stereocenters. The summed E-state index contributed by atoms with van der Waals surface area (Å²) >= 11 is 0. The van der Waals surface area contributed by atoms with E-state index in [-0.39, 0.29) is 24.0 Å². The van der Waals surface area contributed by atoms with Crippen LogP contribution in [0.25, 0.3) is 0 Å². The molecule has 0 radical (unpaired) electrons. The van der Waals surface area contributed by atoms with Crippen molar-refractivity contribution in [3.63, 3.8) is 0 Å². The van der Waals surface area contributed by atoms with Crippen molar-refractivity contribution in [3.8, 4) is 11.5 Å². The predicted octanol–water partition coefficient (Wildman–Crippen LogP) is 2.86. The number of nitrogens with zero attached hydrogens (tertiary/aromatic N) is 3. The third-order valence-electron chi connectivity index (χ3n) is 7.14. The van der Waals surface area contributed by atoms with Gasteiger partial charge in [-0.25, -0.2) is 0 Å². The van der Waals surface area contributed by atoms with Crippen LogP contribution < -0.4 is 20.1 Å². The Hall–Kier alpha value is -1.26. The lowest BCUT2D eigenvalue weighted by Crippen LogP contribution is -2.47. The van der Waals surface area contributed by atoms with Gasteiger partial charge in [0.05, 0.1) is 14.2 Å². The summed E-state index contributed by atoms with van der Waals surface area (Å²) in [5, 5.41) is 7.18. The number of hydrogen-bond acceptors (Lipinski definition) is 5. The lowest BCUT2D eigenvalue weighted by molar-refractivity contribution is 0.242. The van der Waals surface area contributed by atoms with Crippen molar-refractivity contribution in [3.05, 3.63) is 23.3 Å². The minimum Gasteiger partial charge on any atom is -0.493 e. The summed E-state index contributed by atoms with van der Waals surface area (Å²) in [6.45, 7) is 6.27. The average molecular weight is 558 g/mol. The molecule has 2 heterocycles. The van der Waals surface area contributed by atoms with Crippen molar-refractivity contribution in [2.45, 2.75) is 57.2 Å². The molecule has 180 valence electrons. The standard InChI is InChI=1S/C24H39N5O2.HI/c1-25-24(27-20-9-12-29(17-20)21-6-4-5-7-21)26-10-13-28-11-8-18-14-22(30-2)23(31-3)15-19(18)16-28;/h14-15,20-21H,4-13,16-17H2,1-3H3,(H2,25,26,27);1H. The van der Waals surface area contributed by atoms with Crippen molar-refractivity contribution in [1.29, 1.82) is 0 Å². The van der Waals surface area contributed by atoms with Crippen molar-refractivity contribution >= 4 is 29.9 Å². The quantitative estimate of drug-likeness (QED) is 0.306.